The number of guanidine groups is 1. The fourth-order valence-electron chi connectivity index (χ4n) is 3.09. The topological polar surface area (TPSA) is 36.4 Å². The van der Waals surface area contributed by atoms with Crippen LogP contribution >= 0.6 is 0 Å². The molecule has 0 aromatic heterocycles. The predicted octanol–water partition coefficient (Wildman–Crippen LogP) is 3.41. The molecular formula is C18H19F2N3. The van der Waals surface area contributed by atoms with E-state index >= 15 is 0 Å². The van der Waals surface area contributed by atoms with E-state index in [9.17, 15) is 8.78 Å². The Kier molecular flexibility index (Phi) is 3.80. The van der Waals surface area contributed by atoms with E-state index in [0.29, 0.717) is 11.5 Å². The smallest absolute Gasteiger partial charge is 0.192 e. The Morgan fingerprint density at radius 3 is 2.39 bits per heavy atom. The van der Waals surface area contributed by atoms with E-state index < -0.39 is 17.2 Å². The zero-order valence-electron chi connectivity index (χ0n) is 13.3. The van der Waals surface area contributed by atoms with E-state index in [4.69, 9.17) is 0 Å². The van der Waals surface area contributed by atoms with Crippen LogP contribution in [0, 0.1) is 18.6 Å². The van der Waals surface area contributed by atoms with E-state index in [1.165, 1.54) is 0 Å². The van der Waals surface area contributed by atoms with Crippen molar-refractivity contribution in [2.45, 2.75) is 25.4 Å². The van der Waals surface area contributed by atoms with Gasteiger partial charge >= 0.3 is 0 Å². The van der Waals surface area contributed by atoms with Crippen LogP contribution in [0.4, 0.5) is 8.78 Å². The highest BCUT2D eigenvalue weighted by atomic mass is 19.2. The van der Waals surface area contributed by atoms with Crippen LogP contribution in [0.15, 0.2) is 47.5 Å². The van der Waals surface area contributed by atoms with Gasteiger partial charge in [0.1, 0.15) is 0 Å². The molecule has 1 fully saturated rings. The third kappa shape index (κ3) is 2.46. The van der Waals surface area contributed by atoms with Crippen LogP contribution in [0.5, 0.6) is 0 Å². The van der Waals surface area contributed by atoms with Crippen molar-refractivity contribution >= 4 is 5.96 Å². The van der Waals surface area contributed by atoms with Gasteiger partial charge in [-0.05, 0) is 25.0 Å². The van der Waals surface area contributed by atoms with Gasteiger partial charge in [-0.25, -0.2) is 8.78 Å². The molecular weight excluding hydrogens is 296 g/mol. The minimum absolute atomic E-state index is 0.265. The van der Waals surface area contributed by atoms with Crippen molar-refractivity contribution in [2.24, 2.45) is 4.99 Å². The molecule has 3 nitrogen and oxygen atoms in total. The van der Waals surface area contributed by atoms with Crippen LogP contribution in [0.1, 0.15) is 29.7 Å². The Hall–Kier alpha value is -2.43. The van der Waals surface area contributed by atoms with E-state index in [-0.39, 0.29) is 11.6 Å². The Labute approximate surface area is 134 Å². The largest absolute Gasteiger partial charge is 0.347 e. The van der Waals surface area contributed by atoms with Gasteiger partial charge in [0.25, 0.3) is 0 Å². The van der Waals surface area contributed by atoms with Crippen LogP contribution < -0.4 is 10.6 Å². The lowest BCUT2D eigenvalue weighted by Crippen LogP contribution is -2.40. The van der Waals surface area contributed by atoms with Crippen LogP contribution in [0.3, 0.4) is 0 Å². The minimum atomic E-state index is -0.852. The molecule has 2 N–H and O–H groups in total. The number of nitrogens with one attached hydrogen (secondary N) is 2. The first kappa shape index (κ1) is 15.5. The standard InChI is InChI=1S/C18H19F2N3/c1-11-9-10-13(15(20)14(11)19)18(2)16(22-17(21-3)23-18)12-7-5-4-6-8-12/h4-10,16H,1-3H3,(H2,21,22,23). The number of nitrogens with zero attached hydrogens (tertiary/aromatic N) is 1. The first-order valence-electron chi connectivity index (χ1n) is 7.49. The second kappa shape index (κ2) is 5.65. The molecule has 2 aromatic rings. The molecule has 120 valence electrons. The number of hydrogen-bond acceptors (Lipinski definition) is 1. The van der Waals surface area contributed by atoms with E-state index in [2.05, 4.69) is 15.6 Å². The lowest BCUT2D eigenvalue weighted by Gasteiger charge is -2.32. The van der Waals surface area contributed by atoms with Gasteiger partial charge in [-0.2, -0.15) is 0 Å². The fraction of sp³-hybridized carbons (Fsp3) is 0.278. The summed E-state index contributed by atoms with van der Waals surface area (Å²) in [5, 5.41) is 6.46. The molecule has 1 heterocycles. The molecule has 1 aliphatic rings. The molecule has 0 amide bonds. The summed E-state index contributed by atoms with van der Waals surface area (Å²) in [7, 11) is 1.65. The van der Waals surface area contributed by atoms with E-state index in [1.54, 1.807) is 26.1 Å². The highest BCUT2D eigenvalue weighted by molar-refractivity contribution is 5.84. The number of halogens is 2. The normalized spacial score (nSPS) is 25.3. The molecule has 1 saturated heterocycles. The first-order chi connectivity index (χ1) is 11.0. The molecule has 0 radical (unpaired) electrons. The number of aliphatic imine (C=N–C) groups is 1. The maximum absolute atomic E-state index is 14.6. The zero-order chi connectivity index (χ0) is 16.6. The molecule has 1 aliphatic heterocycles. The summed E-state index contributed by atoms with van der Waals surface area (Å²) in [6.07, 6.45) is 0. The van der Waals surface area contributed by atoms with Gasteiger partial charge in [0, 0.05) is 12.6 Å². The lowest BCUT2D eigenvalue weighted by molar-refractivity contribution is 0.353. The summed E-state index contributed by atoms with van der Waals surface area (Å²) in [5.74, 6) is -1.07. The Balaban J connectivity index is 2.15. The first-order valence-corrected chi connectivity index (χ1v) is 7.49. The van der Waals surface area contributed by atoms with Crippen LogP contribution in [0.2, 0.25) is 0 Å². The maximum Gasteiger partial charge on any atom is 0.192 e. The Bertz CT molecular complexity index is 758. The van der Waals surface area contributed by atoms with Crippen molar-refractivity contribution < 1.29 is 8.78 Å². The predicted molar refractivity (Wildman–Crippen MR) is 87.3 cm³/mol. The monoisotopic (exact) mass is 315 g/mol. The van der Waals surface area contributed by atoms with Crippen LogP contribution in [-0.4, -0.2) is 13.0 Å². The average molecular weight is 315 g/mol. The summed E-state index contributed by atoms with van der Waals surface area (Å²) in [6.45, 7) is 3.40. The van der Waals surface area contributed by atoms with Gasteiger partial charge in [-0.3, -0.25) is 4.99 Å². The highest BCUT2D eigenvalue weighted by Crippen LogP contribution is 2.40. The molecule has 2 unspecified atom stereocenters. The SMILES string of the molecule is CN=C1NC(c2ccccc2)C(C)(c2ccc(C)c(F)c2F)N1. The number of benzene rings is 2. The van der Waals surface area contributed by atoms with Gasteiger partial charge < -0.3 is 10.6 Å². The van der Waals surface area contributed by atoms with E-state index in [0.717, 1.165) is 5.56 Å². The molecule has 23 heavy (non-hydrogen) atoms. The molecule has 5 heteroatoms. The highest BCUT2D eigenvalue weighted by Gasteiger charge is 2.45. The van der Waals surface area contributed by atoms with Crippen molar-refractivity contribution in [3.05, 3.63) is 70.8 Å². The average Bonchev–Trinajstić information content (AvgIpc) is 2.91. The summed E-state index contributed by atoms with van der Waals surface area (Å²) in [5.41, 5.74) is 0.693. The number of aryl methyl sites for hydroxylation is 1. The van der Waals surface area contributed by atoms with Crippen molar-refractivity contribution in [3.63, 3.8) is 0 Å². The third-order valence-corrected chi connectivity index (χ3v) is 4.43. The van der Waals surface area contributed by atoms with Crippen LogP contribution in [-0.2, 0) is 5.54 Å². The number of hydrogen-bond donors (Lipinski definition) is 2. The van der Waals surface area contributed by atoms with Gasteiger partial charge in [0.15, 0.2) is 17.6 Å². The third-order valence-electron chi connectivity index (χ3n) is 4.43. The molecule has 0 bridgehead atoms. The quantitative estimate of drug-likeness (QED) is 0.891. The van der Waals surface area contributed by atoms with Gasteiger partial charge in [0.2, 0.25) is 0 Å². The minimum Gasteiger partial charge on any atom is -0.347 e. The molecule has 0 saturated carbocycles. The second-order valence-corrected chi connectivity index (χ2v) is 5.95. The van der Waals surface area contributed by atoms with Gasteiger partial charge in [0.05, 0.1) is 11.6 Å². The molecule has 3 rings (SSSR count). The summed E-state index contributed by atoms with van der Waals surface area (Å²) < 4.78 is 28.7. The second-order valence-electron chi connectivity index (χ2n) is 5.95. The van der Waals surface area contributed by atoms with Gasteiger partial charge in [-0.15, -0.1) is 0 Å². The summed E-state index contributed by atoms with van der Waals surface area (Å²) in [4.78, 5) is 4.13. The van der Waals surface area contributed by atoms with Crippen LogP contribution in [0.25, 0.3) is 0 Å². The maximum atomic E-state index is 14.6. The number of rotatable bonds is 2. The van der Waals surface area contributed by atoms with Crippen molar-refractivity contribution in [1.82, 2.24) is 10.6 Å². The molecule has 2 aromatic carbocycles. The fourth-order valence-corrected chi connectivity index (χ4v) is 3.09. The molecule has 0 aliphatic carbocycles. The molecule has 2 atom stereocenters. The summed E-state index contributed by atoms with van der Waals surface area (Å²) >= 11 is 0. The summed E-state index contributed by atoms with van der Waals surface area (Å²) in [6, 6.07) is 12.6. The zero-order valence-corrected chi connectivity index (χ0v) is 13.3. The van der Waals surface area contributed by atoms with Crippen molar-refractivity contribution in [2.75, 3.05) is 7.05 Å². The Morgan fingerprint density at radius 1 is 1.04 bits per heavy atom. The van der Waals surface area contributed by atoms with Gasteiger partial charge in [-0.1, -0.05) is 42.5 Å². The molecule has 0 spiro atoms. The van der Waals surface area contributed by atoms with E-state index in [1.807, 2.05) is 37.3 Å². The van der Waals surface area contributed by atoms with Crippen molar-refractivity contribution in [1.29, 1.82) is 0 Å². The van der Waals surface area contributed by atoms with Crippen molar-refractivity contribution in [3.8, 4) is 0 Å². The Morgan fingerprint density at radius 2 is 1.74 bits per heavy atom. The lowest BCUT2D eigenvalue weighted by atomic mass is 9.81.